The quantitative estimate of drug-likeness (QED) is 0.588. The van der Waals surface area contributed by atoms with Crippen LogP contribution in [-0.2, 0) is 14.4 Å². The number of rotatable bonds is 9. The Morgan fingerprint density at radius 2 is 1.47 bits per heavy atom. The monoisotopic (exact) mass is 412 g/mol. The summed E-state index contributed by atoms with van der Waals surface area (Å²) in [7, 11) is 1.55. The van der Waals surface area contributed by atoms with E-state index in [1.807, 2.05) is 26.0 Å². The van der Waals surface area contributed by atoms with Crippen molar-refractivity contribution in [3.63, 3.8) is 0 Å². The van der Waals surface area contributed by atoms with Crippen molar-refractivity contribution in [1.29, 1.82) is 0 Å². The summed E-state index contributed by atoms with van der Waals surface area (Å²) in [5.74, 6) is -0.0392. The Kier molecular flexibility index (Phi) is 8.37. The number of carbonyl (C=O) groups is 3. The molecule has 0 aliphatic heterocycles. The van der Waals surface area contributed by atoms with Crippen LogP contribution in [0.15, 0.2) is 42.5 Å². The van der Waals surface area contributed by atoms with Crippen molar-refractivity contribution < 1.29 is 19.1 Å². The standard InChI is InChI=1S/C22H28N4O4/c1-5-26(14-22(29)25-19-12-15(2)6-11-20(19)30-4)13-21(28)24-18-9-7-17(8-10-18)23-16(3)27/h6-12H,5,13-14H2,1-4H3,(H,23,27)(H,24,28)(H,25,29). The van der Waals surface area contributed by atoms with Crippen LogP contribution >= 0.6 is 0 Å². The predicted molar refractivity (Wildman–Crippen MR) is 118 cm³/mol. The Morgan fingerprint density at radius 3 is 2.00 bits per heavy atom. The summed E-state index contributed by atoms with van der Waals surface area (Å²) in [6, 6.07) is 12.4. The molecule has 0 spiro atoms. The van der Waals surface area contributed by atoms with Gasteiger partial charge in [-0.2, -0.15) is 0 Å². The number of methoxy groups -OCH3 is 1. The van der Waals surface area contributed by atoms with Crippen LogP contribution in [0.25, 0.3) is 0 Å². The van der Waals surface area contributed by atoms with Gasteiger partial charge in [-0.25, -0.2) is 0 Å². The maximum atomic E-state index is 12.5. The van der Waals surface area contributed by atoms with Crippen LogP contribution in [0.2, 0.25) is 0 Å². The third-order valence-corrected chi connectivity index (χ3v) is 4.30. The number of ether oxygens (including phenoxy) is 1. The summed E-state index contributed by atoms with van der Waals surface area (Å²) in [5.41, 5.74) is 2.86. The van der Waals surface area contributed by atoms with Gasteiger partial charge in [-0.3, -0.25) is 19.3 Å². The predicted octanol–water partition coefficient (Wildman–Crippen LogP) is 2.86. The van der Waals surface area contributed by atoms with Crippen LogP contribution in [0.5, 0.6) is 5.75 Å². The first-order valence-electron chi connectivity index (χ1n) is 9.65. The number of nitrogens with zero attached hydrogens (tertiary/aromatic N) is 1. The Bertz CT molecular complexity index is 897. The maximum Gasteiger partial charge on any atom is 0.238 e. The molecule has 0 aliphatic carbocycles. The number of benzene rings is 2. The van der Waals surface area contributed by atoms with E-state index in [1.54, 1.807) is 42.3 Å². The zero-order valence-electron chi connectivity index (χ0n) is 17.7. The normalized spacial score (nSPS) is 10.4. The smallest absolute Gasteiger partial charge is 0.238 e. The van der Waals surface area contributed by atoms with Crippen molar-refractivity contribution in [2.24, 2.45) is 0 Å². The number of carbonyl (C=O) groups excluding carboxylic acids is 3. The van der Waals surface area contributed by atoms with Crippen LogP contribution < -0.4 is 20.7 Å². The van der Waals surface area contributed by atoms with E-state index in [-0.39, 0.29) is 30.8 Å². The van der Waals surface area contributed by atoms with Crippen LogP contribution in [0.3, 0.4) is 0 Å². The van der Waals surface area contributed by atoms with Crippen molar-refractivity contribution in [2.75, 3.05) is 42.7 Å². The van der Waals surface area contributed by atoms with Gasteiger partial charge in [-0.05, 0) is 55.4 Å². The first kappa shape index (κ1) is 22.9. The van der Waals surface area contributed by atoms with E-state index in [9.17, 15) is 14.4 Å². The molecule has 8 nitrogen and oxygen atoms in total. The molecule has 30 heavy (non-hydrogen) atoms. The molecule has 0 saturated heterocycles. The Labute approximate surface area is 176 Å². The van der Waals surface area contributed by atoms with Gasteiger partial charge in [-0.15, -0.1) is 0 Å². The van der Waals surface area contributed by atoms with Crippen molar-refractivity contribution in [3.05, 3.63) is 48.0 Å². The minimum atomic E-state index is -0.231. The van der Waals surface area contributed by atoms with E-state index < -0.39 is 0 Å². The molecule has 0 fully saturated rings. The number of likely N-dealkylation sites (N-methyl/N-ethyl adjacent to an activating group) is 1. The van der Waals surface area contributed by atoms with Crippen molar-refractivity contribution in [3.8, 4) is 5.75 Å². The van der Waals surface area contributed by atoms with Gasteiger partial charge >= 0.3 is 0 Å². The molecule has 0 saturated carbocycles. The van der Waals surface area contributed by atoms with Crippen LogP contribution in [0, 0.1) is 6.92 Å². The van der Waals surface area contributed by atoms with E-state index >= 15 is 0 Å². The van der Waals surface area contributed by atoms with Crippen molar-refractivity contribution in [2.45, 2.75) is 20.8 Å². The van der Waals surface area contributed by atoms with Crippen LogP contribution in [-0.4, -0.2) is 49.4 Å². The summed E-state index contributed by atoms with van der Waals surface area (Å²) in [4.78, 5) is 37.6. The molecule has 2 rings (SSSR count). The highest BCUT2D eigenvalue weighted by Crippen LogP contribution is 2.25. The number of aryl methyl sites for hydroxylation is 1. The second-order valence-corrected chi connectivity index (χ2v) is 6.86. The molecule has 0 unspecified atom stereocenters. The molecule has 0 aromatic heterocycles. The third kappa shape index (κ3) is 7.21. The van der Waals surface area contributed by atoms with Crippen LogP contribution in [0.4, 0.5) is 17.1 Å². The summed E-state index contributed by atoms with van der Waals surface area (Å²) in [6.45, 7) is 5.93. The lowest BCUT2D eigenvalue weighted by atomic mass is 10.2. The zero-order valence-corrected chi connectivity index (χ0v) is 17.7. The van der Waals surface area contributed by atoms with E-state index in [0.717, 1.165) is 5.56 Å². The number of anilines is 3. The van der Waals surface area contributed by atoms with Gasteiger partial charge in [-0.1, -0.05) is 13.0 Å². The summed E-state index contributed by atoms with van der Waals surface area (Å²) >= 11 is 0. The van der Waals surface area contributed by atoms with Crippen LogP contribution in [0.1, 0.15) is 19.4 Å². The summed E-state index contributed by atoms with van der Waals surface area (Å²) in [6.07, 6.45) is 0. The van der Waals surface area contributed by atoms with Gasteiger partial charge in [0.1, 0.15) is 5.75 Å². The fourth-order valence-electron chi connectivity index (χ4n) is 2.84. The molecule has 2 aromatic carbocycles. The second-order valence-electron chi connectivity index (χ2n) is 6.86. The summed E-state index contributed by atoms with van der Waals surface area (Å²) < 4.78 is 5.28. The van der Waals surface area contributed by atoms with E-state index in [4.69, 9.17) is 4.74 Å². The topological polar surface area (TPSA) is 99.8 Å². The molecule has 0 radical (unpaired) electrons. The first-order chi connectivity index (χ1) is 14.3. The highest BCUT2D eigenvalue weighted by Gasteiger charge is 2.15. The molecule has 3 N–H and O–H groups in total. The van der Waals surface area contributed by atoms with E-state index in [2.05, 4.69) is 16.0 Å². The van der Waals surface area contributed by atoms with Gasteiger partial charge in [0.2, 0.25) is 17.7 Å². The zero-order chi connectivity index (χ0) is 22.1. The summed E-state index contributed by atoms with van der Waals surface area (Å²) in [5, 5.41) is 8.30. The Morgan fingerprint density at radius 1 is 0.900 bits per heavy atom. The Balaban J connectivity index is 1.90. The average Bonchev–Trinajstić information content (AvgIpc) is 2.68. The molecule has 2 aromatic rings. The minimum absolute atomic E-state index is 0.0717. The second kappa shape index (κ2) is 11.0. The average molecular weight is 412 g/mol. The number of amides is 3. The molecule has 0 atom stereocenters. The van der Waals surface area contributed by atoms with Gasteiger partial charge in [0.05, 0.1) is 25.9 Å². The molecule has 0 aliphatic rings. The molecule has 0 bridgehead atoms. The lowest BCUT2D eigenvalue weighted by Crippen LogP contribution is -2.38. The third-order valence-electron chi connectivity index (χ3n) is 4.30. The molecule has 3 amide bonds. The maximum absolute atomic E-state index is 12.5. The van der Waals surface area contributed by atoms with Gasteiger partial charge < -0.3 is 20.7 Å². The number of hydrogen-bond acceptors (Lipinski definition) is 5. The van der Waals surface area contributed by atoms with Gasteiger partial charge in [0, 0.05) is 18.3 Å². The fraction of sp³-hybridized carbons (Fsp3) is 0.318. The molecular formula is C22H28N4O4. The first-order valence-corrected chi connectivity index (χ1v) is 9.65. The van der Waals surface area contributed by atoms with Crippen molar-refractivity contribution in [1.82, 2.24) is 4.90 Å². The van der Waals surface area contributed by atoms with E-state index in [1.165, 1.54) is 6.92 Å². The number of nitrogens with one attached hydrogen (secondary N) is 3. The highest BCUT2D eigenvalue weighted by atomic mass is 16.5. The van der Waals surface area contributed by atoms with Gasteiger partial charge in [0.25, 0.3) is 0 Å². The number of hydrogen-bond donors (Lipinski definition) is 3. The fourth-order valence-corrected chi connectivity index (χ4v) is 2.84. The van der Waals surface area contributed by atoms with Gasteiger partial charge in [0.15, 0.2) is 0 Å². The molecule has 8 heteroatoms. The molecular weight excluding hydrogens is 384 g/mol. The molecule has 0 heterocycles. The largest absolute Gasteiger partial charge is 0.495 e. The Hall–Kier alpha value is -3.39. The lowest BCUT2D eigenvalue weighted by molar-refractivity contribution is -0.120. The molecule has 160 valence electrons. The lowest BCUT2D eigenvalue weighted by Gasteiger charge is -2.20. The SMILES string of the molecule is CCN(CC(=O)Nc1ccc(NC(C)=O)cc1)CC(=O)Nc1cc(C)ccc1OC. The highest BCUT2D eigenvalue weighted by molar-refractivity contribution is 5.96. The van der Waals surface area contributed by atoms with E-state index in [0.29, 0.717) is 29.4 Å². The van der Waals surface area contributed by atoms with Crippen molar-refractivity contribution >= 4 is 34.8 Å². The minimum Gasteiger partial charge on any atom is -0.495 e.